The maximum absolute atomic E-state index is 11.6. The Hall–Kier alpha value is 0.400. The lowest BCUT2D eigenvalue weighted by atomic mass is 9.43. The van der Waals surface area contributed by atoms with E-state index in [9.17, 15) is 10.2 Å². The molecule has 30 heavy (non-hydrogen) atoms. The van der Waals surface area contributed by atoms with Crippen LogP contribution in [0.3, 0.4) is 0 Å². The van der Waals surface area contributed by atoms with Gasteiger partial charge in [0.15, 0.2) is 0 Å². The molecule has 0 unspecified atom stereocenters. The van der Waals surface area contributed by atoms with Crippen LogP contribution in [0, 0.1) is 52.3 Å². The highest BCUT2D eigenvalue weighted by molar-refractivity contribution is 9.09. The van der Waals surface area contributed by atoms with Crippen LogP contribution < -0.4 is 0 Å². The summed E-state index contributed by atoms with van der Waals surface area (Å²) in [6.07, 6.45) is 11.9. The summed E-state index contributed by atoms with van der Waals surface area (Å²) < 4.78 is 0. The average Bonchev–Trinajstić information content (AvgIpc) is 3.04. The quantitative estimate of drug-likeness (QED) is 0.422. The molecule has 2 N–H and O–H groups in total. The Morgan fingerprint density at radius 3 is 2.23 bits per heavy atom. The largest absolute Gasteiger partial charge is 0.393 e. The van der Waals surface area contributed by atoms with Crippen molar-refractivity contribution in [1.29, 1.82) is 0 Å². The van der Waals surface area contributed by atoms with Gasteiger partial charge in [0.05, 0.1) is 12.2 Å². The van der Waals surface area contributed by atoms with E-state index in [1.54, 1.807) is 0 Å². The molecule has 0 aliphatic heterocycles. The Bertz CT molecular complexity index is 608. The third kappa shape index (κ3) is 3.75. The molecule has 0 bridgehead atoms. The van der Waals surface area contributed by atoms with Crippen LogP contribution in [0.1, 0.15) is 98.8 Å². The second-order valence-corrected chi connectivity index (χ2v) is 13.9. The van der Waals surface area contributed by atoms with Gasteiger partial charge in [-0.25, -0.2) is 0 Å². The predicted octanol–water partition coefficient (Wildman–Crippen LogP) is 6.81. The zero-order chi connectivity index (χ0) is 21.8. The molecular formula is C27H47BrO2. The van der Waals surface area contributed by atoms with Gasteiger partial charge in [-0.15, -0.1) is 0 Å². The van der Waals surface area contributed by atoms with E-state index in [1.165, 1.54) is 44.9 Å². The molecule has 4 fully saturated rings. The van der Waals surface area contributed by atoms with Crippen LogP contribution in [0.5, 0.6) is 0 Å². The zero-order valence-corrected chi connectivity index (χ0v) is 21.7. The van der Waals surface area contributed by atoms with E-state index in [0.29, 0.717) is 29.1 Å². The van der Waals surface area contributed by atoms with Gasteiger partial charge in [-0.2, -0.15) is 0 Å². The van der Waals surface area contributed by atoms with Crippen molar-refractivity contribution < 1.29 is 10.2 Å². The number of hydrogen-bond donors (Lipinski definition) is 2. The van der Waals surface area contributed by atoms with Crippen LogP contribution in [0.2, 0.25) is 0 Å². The van der Waals surface area contributed by atoms with Crippen molar-refractivity contribution in [3.63, 3.8) is 0 Å². The average molecular weight is 484 g/mol. The first-order chi connectivity index (χ1) is 14.1. The van der Waals surface area contributed by atoms with Gasteiger partial charge in [0.25, 0.3) is 0 Å². The van der Waals surface area contributed by atoms with Gasteiger partial charge in [0, 0.05) is 4.83 Å². The van der Waals surface area contributed by atoms with E-state index < -0.39 is 0 Å². The molecule has 4 aliphatic carbocycles. The van der Waals surface area contributed by atoms with Crippen LogP contribution in [-0.2, 0) is 0 Å². The molecule has 4 saturated carbocycles. The van der Waals surface area contributed by atoms with Crippen molar-refractivity contribution >= 4 is 15.9 Å². The molecule has 0 spiro atoms. The summed E-state index contributed by atoms with van der Waals surface area (Å²) in [7, 11) is 0. The van der Waals surface area contributed by atoms with E-state index in [0.717, 1.165) is 37.0 Å². The zero-order valence-electron chi connectivity index (χ0n) is 20.1. The molecule has 0 amide bonds. The van der Waals surface area contributed by atoms with Crippen LogP contribution in [0.4, 0.5) is 0 Å². The van der Waals surface area contributed by atoms with Crippen LogP contribution in [-0.4, -0.2) is 27.2 Å². The topological polar surface area (TPSA) is 40.5 Å². The van der Waals surface area contributed by atoms with Gasteiger partial charge in [0.1, 0.15) is 0 Å². The van der Waals surface area contributed by atoms with Crippen LogP contribution in [0.25, 0.3) is 0 Å². The standard InChI is InChI=1S/C27H47BrO2/c1-16(2)7-6-8-17(3)19-9-10-20-23-21(12-14-26(19,20)4)27(5)13-11-18(29)15-22(27)24(28)25(23)30/h16-25,29-30H,6-15H2,1-5H3/t17-,18-,19-,20+,21+,22-,23+,24-,25+,26-,27-/m1/s1. The van der Waals surface area contributed by atoms with Gasteiger partial charge < -0.3 is 10.2 Å². The lowest BCUT2D eigenvalue weighted by molar-refractivity contribution is -0.169. The highest BCUT2D eigenvalue weighted by atomic mass is 79.9. The number of fused-ring (bicyclic) bond motifs is 5. The van der Waals surface area contributed by atoms with Crippen molar-refractivity contribution in [3.05, 3.63) is 0 Å². The Morgan fingerprint density at radius 1 is 0.867 bits per heavy atom. The number of aliphatic hydroxyl groups excluding tert-OH is 2. The molecule has 0 saturated heterocycles. The van der Waals surface area contributed by atoms with Gasteiger partial charge in [-0.3, -0.25) is 0 Å². The summed E-state index contributed by atoms with van der Waals surface area (Å²) >= 11 is 3.97. The van der Waals surface area contributed by atoms with Gasteiger partial charge in [-0.1, -0.05) is 69.8 Å². The first kappa shape index (κ1) is 23.6. The smallest absolute Gasteiger partial charge is 0.0701 e. The van der Waals surface area contributed by atoms with Gasteiger partial charge in [0.2, 0.25) is 0 Å². The second-order valence-electron chi connectivity index (χ2n) is 12.8. The summed E-state index contributed by atoms with van der Waals surface area (Å²) in [5.74, 6) is 4.61. The highest BCUT2D eigenvalue weighted by Gasteiger charge is 2.64. The van der Waals surface area contributed by atoms with Gasteiger partial charge >= 0.3 is 0 Å². The maximum atomic E-state index is 11.6. The Morgan fingerprint density at radius 2 is 1.53 bits per heavy atom. The number of halogens is 1. The molecule has 0 radical (unpaired) electrons. The van der Waals surface area contributed by atoms with Crippen molar-refractivity contribution in [3.8, 4) is 0 Å². The van der Waals surface area contributed by atoms with E-state index in [-0.39, 0.29) is 22.5 Å². The maximum Gasteiger partial charge on any atom is 0.0701 e. The molecule has 0 aromatic rings. The molecule has 0 aromatic carbocycles. The van der Waals surface area contributed by atoms with Gasteiger partial charge in [-0.05, 0) is 97.2 Å². The summed E-state index contributed by atoms with van der Waals surface area (Å²) in [4.78, 5) is 0.142. The molecule has 0 aromatic heterocycles. The molecule has 174 valence electrons. The molecule has 11 atom stereocenters. The van der Waals surface area contributed by atoms with E-state index in [4.69, 9.17) is 0 Å². The van der Waals surface area contributed by atoms with E-state index >= 15 is 0 Å². The van der Waals surface area contributed by atoms with Crippen LogP contribution >= 0.6 is 15.9 Å². The Kier molecular flexibility index (Phi) is 6.78. The van der Waals surface area contributed by atoms with E-state index in [1.807, 2.05) is 0 Å². The molecule has 4 rings (SSSR count). The Labute approximate surface area is 194 Å². The summed E-state index contributed by atoms with van der Waals surface area (Å²) in [6.45, 7) is 12.3. The molecular weight excluding hydrogens is 436 g/mol. The van der Waals surface area contributed by atoms with Crippen molar-refractivity contribution in [1.82, 2.24) is 0 Å². The second kappa shape index (κ2) is 8.64. The number of alkyl halides is 1. The summed E-state index contributed by atoms with van der Waals surface area (Å²) in [6, 6.07) is 0. The first-order valence-corrected chi connectivity index (χ1v) is 14.0. The van der Waals surface area contributed by atoms with Crippen molar-refractivity contribution in [2.75, 3.05) is 0 Å². The number of rotatable bonds is 5. The Balaban J connectivity index is 1.54. The monoisotopic (exact) mass is 482 g/mol. The first-order valence-electron chi connectivity index (χ1n) is 13.1. The summed E-state index contributed by atoms with van der Waals surface area (Å²) in [5, 5.41) is 21.9. The van der Waals surface area contributed by atoms with Crippen LogP contribution in [0.15, 0.2) is 0 Å². The molecule has 0 heterocycles. The third-order valence-corrected chi connectivity index (χ3v) is 12.1. The summed E-state index contributed by atoms with van der Waals surface area (Å²) in [5.41, 5.74) is 0.684. The minimum atomic E-state index is -0.252. The fourth-order valence-corrected chi connectivity index (χ4v) is 10.4. The minimum Gasteiger partial charge on any atom is -0.393 e. The molecule has 4 aliphatic rings. The molecule has 3 heteroatoms. The van der Waals surface area contributed by atoms with Crippen molar-refractivity contribution in [2.24, 2.45) is 52.3 Å². The van der Waals surface area contributed by atoms with Crippen molar-refractivity contribution in [2.45, 2.75) is 116 Å². The fraction of sp³-hybridized carbons (Fsp3) is 1.00. The SMILES string of the molecule is CC(C)CCC[C@@H](C)[C@H]1CC[C@H]2[C@@H]3[C@H](O)[C@H](Br)[C@H]4C[C@H](O)CC[C@]4(C)[C@H]3CC[C@]12C. The number of aliphatic hydroxyl groups is 2. The third-order valence-electron chi connectivity index (χ3n) is 10.9. The molecule has 2 nitrogen and oxygen atoms in total. The normalized spacial score (nSPS) is 51.9. The predicted molar refractivity (Wildman–Crippen MR) is 129 cm³/mol. The minimum absolute atomic E-state index is 0.142. The lowest BCUT2D eigenvalue weighted by Gasteiger charge is -2.63. The fourth-order valence-electron chi connectivity index (χ4n) is 9.21. The highest BCUT2D eigenvalue weighted by Crippen LogP contribution is 2.69. The lowest BCUT2D eigenvalue weighted by Crippen LogP contribution is -2.62. The van der Waals surface area contributed by atoms with E-state index in [2.05, 4.69) is 50.5 Å². The number of hydrogen-bond acceptors (Lipinski definition) is 2.